The summed E-state index contributed by atoms with van der Waals surface area (Å²) in [5, 5.41) is 3.10. The fraction of sp³-hybridized carbons (Fsp3) is 0.517. The molecule has 208 valence electrons. The molecule has 4 aliphatic carbocycles. The molecule has 1 aliphatic heterocycles. The Morgan fingerprint density at radius 2 is 1.56 bits per heavy atom. The van der Waals surface area contributed by atoms with E-state index in [-0.39, 0.29) is 40.1 Å². The predicted molar refractivity (Wildman–Crippen MR) is 143 cm³/mol. The maximum absolute atomic E-state index is 12.8. The summed E-state index contributed by atoms with van der Waals surface area (Å²) in [6.07, 6.45) is 7.59. The van der Waals surface area contributed by atoms with Crippen molar-refractivity contribution in [1.29, 1.82) is 0 Å². The predicted octanol–water partition coefficient (Wildman–Crippen LogP) is 4.14. The SMILES string of the molecule is C[C@@H](NC(=O)COC(=O)c1ccc(NS(=O)(=O)c2ccc3c(c2)OCCO3)cc1)C12CC3CC(CC(C3)C1)C2. The Hall–Kier alpha value is -3.27. The highest BCUT2D eigenvalue weighted by atomic mass is 32.2. The maximum atomic E-state index is 12.8. The van der Waals surface area contributed by atoms with Crippen molar-refractivity contribution in [3.8, 4) is 11.5 Å². The Labute approximate surface area is 228 Å². The molecule has 0 aromatic heterocycles. The Morgan fingerprint density at radius 1 is 0.949 bits per heavy atom. The first kappa shape index (κ1) is 26.0. The van der Waals surface area contributed by atoms with Gasteiger partial charge in [-0.15, -0.1) is 0 Å². The molecule has 0 unspecified atom stereocenters. The molecule has 9 nitrogen and oxygen atoms in total. The van der Waals surface area contributed by atoms with E-state index in [1.54, 1.807) is 6.07 Å². The number of hydrogen-bond acceptors (Lipinski definition) is 7. The van der Waals surface area contributed by atoms with Crippen LogP contribution in [0.2, 0.25) is 0 Å². The van der Waals surface area contributed by atoms with E-state index >= 15 is 0 Å². The highest BCUT2D eigenvalue weighted by Gasteiger charge is 2.53. The largest absolute Gasteiger partial charge is 0.486 e. The van der Waals surface area contributed by atoms with Gasteiger partial charge in [0.1, 0.15) is 13.2 Å². The lowest BCUT2D eigenvalue weighted by Crippen LogP contribution is -2.56. The monoisotopic (exact) mass is 554 g/mol. The van der Waals surface area contributed by atoms with E-state index in [1.807, 2.05) is 0 Å². The molecule has 0 radical (unpaired) electrons. The van der Waals surface area contributed by atoms with Crippen LogP contribution >= 0.6 is 0 Å². The van der Waals surface area contributed by atoms with E-state index in [2.05, 4.69) is 17.0 Å². The van der Waals surface area contributed by atoms with Gasteiger partial charge in [0, 0.05) is 17.8 Å². The first-order valence-electron chi connectivity index (χ1n) is 13.7. The van der Waals surface area contributed by atoms with E-state index in [1.165, 1.54) is 74.9 Å². The van der Waals surface area contributed by atoms with Crippen molar-refractivity contribution in [3.05, 3.63) is 48.0 Å². The van der Waals surface area contributed by atoms with E-state index in [0.717, 1.165) is 17.8 Å². The Bertz CT molecular complexity index is 1340. The van der Waals surface area contributed by atoms with Crippen molar-refractivity contribution >= 4 is 27.6 Å². The summed E-state index contributed by atoms with van der Waals surface area (Å²) in [5.41, 5.74) is 0.681. The molecule has 7 rings (SSSR count). The number of amides is 1. The van der Waals surface area contributed by atoms with Crippen molar-refractivity contribution in [2.75, 3.05) is 24.5 Å². The number of carbonyl (C=O) groups excluding carboxylic acids is 2. The normalized spacial score (nSPS) is 27.5. The third-order valence-corrected chi connectivity index (χ3v) is 10.3. The Morgan fingerprint density at radius 3 is 2.21 bits per heavy atom. The van der Waals surface area contributed by atoms with E-state index in [4.69, 9.17) is 14.2 Å². The molecule has 2 aromatic rings. The molecule has 5 aliphatic rings. The van der Waals surface area contributed by atoms with Crippen molar-refractivity contribution in [1.82, 2.24) is 5.32 Å². The zero-order valence-corrected chi connectivity index (χ0v) is 22.8. The van der Waals surface area contributed by atoms with Crippen LogP contribution in [0.1, 0.15) is 55.8 Å². The van der Waals surface area contributed by atoms with Gasteiger partial charge < -0.3 is 19.5 Å². The van der Waals surface area contributed by atoms with E-state index < -0.39 is 16.0 Å². The first-order valence-corrected chi connectivity index (χ1v) is 15.2. The lowest BCUT2D eigenvalue weighted by molar-refractivity contribution is -0.128. The second-order valence-electron chi connectivity index (χ2n) is 11.6. The number of esters is 1. The molecule has 4 saturated carbocycles. The highest BCUT2D eigenvalue weighted by molar-refractivity contribution is 7.92. The van der Waals surface area contributed by atoms with Gasteiger partial charge in [-0.1, -0.05) is 0 Å². The van der Waals surface area contributed by atoms with Gasteiger partial charge in [0.25, 0.3) is 15.9 Å². The third-order valence-electron chi connectivity index (χ3n) is 8.91. The molecule has 10 heteroatoms. The number of ether oxygens (including phenoxy) is 3. The Balaban J connectivity index is 1.01. The van der Waals surface area contributed by atoms with Crippen LogP contribution in [-0.4, -0.2) is 46.2 Å². The molecule has 1 atom stereocenters. The number of anilines is 1. The van der Waals surface area contributed by atoms with E-state index in [9.17, 15) is 18.0 Å². The van der Waals surface area contributed by atoms with Crippen molar-refractivity contribution < 1.29 is 32.2 Å². The van der Waals surface area contributed by atoms with Crippen LogP contribution in [0.4, 0.5) is 5.69 Å². The number of hydrogen-bond donors (Lipinski definition) is 2. The van der Waals surface area contributed by atoms with Crippen molar-refractivity contribution in [2.24, 2.45) is 23.2 Å². The van der Waals surface area contributed by atoms with Crippen LogP contribution in [-0.2, 0) is 19.6 Å². The zero-order valence-electron chi connectivity index (χ0n) is 22.0. The quantitative estimate of drug-likeness (QED) is 0.471. The fourth-order valence-electron chi connectivity index (χ4n) is 7.44. The molecule has 1 amide bonds. The van der Waals surface area contributed by atoms with Crippen LogP contribution in [0.5, 0.6) is 11.5 Å². The smallest absolute Gasteiger partial charge is 0.338 e. The molecule has 0 saturated heterocycles. The van der Waals surface area contributed by atoms with E-state index in [0.29, 0.717) is 24.7 Å². The summed E-state index contributed by atoms with van der Waals surface area (Å²) in [4.78, 5) is 25.2. The fourth-order valence-corrected chi connectivity index (χ4v) is 8.51. The number of fused-ring (bicyclic) bond motifs is 1. The minimum absolute atomic E-state index is 0.0315. The van der Waals surface area contributed by atoms with Gasteiger partial charge in [0.15, 0.2) is 18.1 Å². The lowest BCUT2D eigenvalue weighted by atomic mass is 9.48. The summed E-state index contributed by atoms with van der Waals surface area (Å²) in [6, 6.07) is 10.3. The standard InChI is InChI=1S/C29H34N2O7S/c1-18(29-14-19-10-20(15-29)12-21(11-19)16-29)30-27(32)17-38-28(33)22-2-4-23(5-3-22)31-39(34,35)24-6-7-25-26(13-24)37-9-8-36-25/h2-7,13,18-21,31H,8-12,14-17H2,1H3,(H,30,32)/t18-,19?,20?,21?,29?/m1/s1. The molecule has 4 bridgehead atoms. The number of benzene rings is 2. The number of carbonyl (C=O) groups is 2. The topological polar surface area (TPSA) is 120 Å². The average Bonchev–Trinajstić information content (AvgIpc) is 2.91. The summed E-state index contributed by atoms with van der Waals surface area (Å²) in [6.45, 7) is 2.51. The summed E-state index contributed by atoms with van der Waals surface area (Å²) >= 11 is 0. The van der Waals surface area contributed by atoms with Gasteiger partial charge in [-0.2, -0.15) is 0 Å². The molecule has 4 fully saturated rings. The lowest BCUT2D eigenvalue weighted by Gasteiger charge is -2.59. The van der Waals surface area contributed by atoms with Crippen LogP contribution in [0, 0.1) is 23.2 Å². The van der Waals surface area contributed by atoms with Crippen LogP contribution in [0.25, 0.3) is 0 Å². The molecular weight excluding hydrogens is 520 g/mol. The molecule has 2 aromatic carbocycles. The maximum Gasteiger partial charge on any atom is 0.338 e. The van der Waals surface area contributed by atoms with Crippen molar-refractivity contribution in [2.45, 2.75) is 56.4 Å². The van der Waals surface area contributed by atoms with Gasteiger partial charge in [-0.25, -0.2) is 13.2 Å². The van der Waals surface area contributed by atoms with Gasteiger partial charge in [0.2, 0.25) is 0 Å². The van der Waals surface area contributed by atoms with Crippen LogP contribution in [0.15, 0.2) is 47.4 Å². The third kappa shape index (κ3) is 5.31. The van der Waals surface area contributed by atoms with Gasteiger partial charge in [-0.05, 0) is 105 Å². The summed E-state index contributed by atoms with van der Waals surface area (Å²) < 4.78 is 44.3. The van der Waals surface area contributed by atoms with Gasteiger partial charge in [0.05, 0.1) is 10.5 Å². The second kappa shape index (κ2) is 10.0. The van der Waals surface area contributed by atoms with Crippen LogP contribution in [0.3, 0.4) is 0 Å². The number of rotatable bonds is 8. The summed E-state index contributed by atoms with van der Waals surface area (Å²) in [5.74, 6) is 2.31. The average molecular weight is 555 g/mol. The Kier molecular flexibility index (Phi) is 6.69. The zero-order chi connectivity index (χ0) is 27.2. The summed E-state index contributed by atoms with van der Waals surface area (Å²) in [7, 11) is -3.88. The van der Waals surface area contributed by atoms with Gasteiger partial charge >= 0.3 is 5.97 Å². The molecule has 0 spiro atoms. The van der Waals surface area contributed by atoms with Crippen molar-refractivity contribution in [3.63, 3.8) is 0 Å². The van der Waals surface area contributed by atoms with Gasteiger partial charge in [-0.3, -0.25) is 9.52 Å². The molecular formula is C29H34N2O7S. The number of nitrogens with one attached hydrogen (secondary N) is 2. The molecule has 2 N–H and O–H groups in total. The number of sulfonamides is 1. The van der Waals surface area contributed by atoms with Crippen LogP contribution < -0.4 is 19.5 Å². The highest BCUT2D eigenvalue weighted by Crippen LogP contribution is 2.61. The molecule has 39 heavy (non-hydrogen) atoms. The first-order chi connectivity index (χ1) is 18.7. The minimum atomic E-state index is -3.88. The minimum Gasteiger partial charge on any atom is -0.486 e. The molecule has 1 heterocycles. The second-order valence-corrected chi connectivity index (χ2v) is 13.3.